The van der Waals surface area contributed by atoms with Crippen LogP contribution in [0, 0.1) is 0 Å². The molecule has 1 amide bonds. The number of likely N-dealkylation sites (tertiary alicyclic amines) is 1. The highest BCUT2D eigenvalue weighted by molar-refractivity contribution is 9.10. The van der Waals surface area contributed by atoms with Gasteiger partial charge in [-0.1, -0.05) is 34.1 Å². The standard InChI is InChI=1S/C21H22BrN3O/c22-17-6-5-16-12-24-21(26)20(19(16)11-17)13-23-18-7-3-15(4-8-18)14-25-9-1-2-10-25/h3-8,11,13,20H,1-2,9-10,12,14H2,(H,24,26). The second kappa shape index (κ2) is 7.72. The van der Waals surface area contributed by atoms with E-state index in [4.69, 9.17) is 0 Å². The minimum atomic E-state index is -0.347. The van der Waals surface area contributed by atoms with Crippen molar-refractivity contribution in [2.24, 2.45) is 4.99 Å². The fourth-order valence-corrected chi connectivity index (χ4v) is 4.02. The Balaban J connectivity index is 1.49. The Morgan fingerprint density at radius 3 is 2.69 bits per heavy atom. The lowest BCUT2D eigenvalue weighted by Crippen LogP contribution is -2.35. The van der Waals surface area contributed by atoms with Crippen molar-refractivity contribution >= 4 is 33.7 Å². The molecule has 1 fully saturated rings. The average molecular weight is 412 g/mol. The van der Waals surface area contributed by atoms with Crippen molar-refractivity contribution in [3.8, 4) is 0 Å². The van der Waals surface area contributed by atoms with Crippen LogP contribution in [-0.4, -0.2) is 30.1 Å². The van der Waals surface area contributed by atoms with E-state index in [0.717, 1.165) is 27.8 Å². The van der Waals surface area contributed by atoms with E-state index in [-0.39, 0.29) is 11.8 Å². The van der Waals surface area contributed by atoms with Crippen LogP contribution in [0.15, 0.2) is 51.9 Å². The summed E-state index contributed by atoms with van der Waals surface area (Å²) in [6.45, 7) is 3.99. The third-order valence-corrected chi connectivity index (χ3v) is 5.59. The van der Waals surface area contributed by atoms with Crippen LogP contribution in [0.4, 0.5) is 5.69 Å². The Bertz CT molecular complexity index is 826. The summed E-state index contributed by atoms with van der Waals surface area (Å²) in [4.78, 5) is 19.4. The van der Waals surface area contributed by atoms with Crippen LogP contribution in [0.5, 0.6) is 0 Å². The maximum absolute atomic E-state index is 12.3. The van der Waals surface area contributed by atoms with Crippen molar-refractivity contribution < 1.29 is 4.79 Å². The van der Waals surface area contributed by atoms with Crippen LogP contribution >= 0.6 is 15.9 Å². The van der Waals surface area contributed by atoms with Gasteiger partial charge in [0.15, 0.2) is 0 Å². The highest BCUT2D eigenvalue weighted by Crippen LogP contribution is 2.27. The van der Waals surface area contributed by atoms with Gasteiger partial charge in [-0.05, 0) is 66.9 Å². The molecule has 1 atom stereocenters. The molecule has 1 unspecified atom stereocenters. The number of hydrogen-bond acceptors (Lipinski definition) is 3. The number of hydrogen-bond donors (Lipinski definition) is 1. The zero-order valence-corrected chi connectivity index (χ0v) is 16.2. The maximum Gasteiger partial charge on any atom is 0.233 e. The van der Waals surface area contributed by atoms with Crippen LogP contribution in [0.2, 0.25) is 0 Å². The Morgan fingerprint density at radius 2 is 1.92 bits per heavy atom. The topological polar surface area (TPSA) is 44.7 Å². The lowest BCUT2D eigenvalue weighted by molar-refractivity contribution is -0.121. The first-order chi connectivity index (χ1) is 12.7. The summed E-state index contributed by atoms with van der Waals surface area (Å²) in [6.07, 6.45) is 4.38. The van der Waals surface area contributed by atoms with Crippen LogP contribution in [0.3, 0.4) is 0 Å². The largest absolute Gasteiger partial charge is 0.351 e. The van der Waals surface area contributed by atoms with Crippen molar-refractivity contribution in [3.63, 3.8) is 0 Å². The third kappa shape index (κ3) is 3.89. The molecule has 0 aromatic heterocycles. The molecule has 1 N–H and O–H groups in total. The van der Waals surface area contributed by atoms with Gasteiger partial charge in [0.25, 0.3) is 0 Å². The summed E-state index contributed by atoms with van der Waals surface area (Å²) in [7, 11) is 0. The predicted octanol–water partition coefficient (Wildman–Crippen LogP) is 4.16. The van der Waals surface area contributed by atoms with Gasteiger partial charge in [-0.25, -0.2) is 0 Å². The molecule has 0 radical (unpaired) electrons. The number of nitrogens with zero attached hydrogens (tertiary/aromatic N) is 2. The molecule has 0 aliphatic carbocycles. The molecule has 0 bridgehead atoms. The van der Waals surface area contributed by atoms with Crippen LogP contribution in [0.1, 0.15) is 35.4 Å². The minimum Gasteiger partial charge on any atom is -0.351 e. The number of aliphatic imine (C=N–C) groups is 1. The Kier molecular flexibility index (Phi) is 5.18. The number of fused-ring (bicyclic) bond motifs is 1. The number of halogens is 1. The Morgan fingerprint density at radius 1 is 1.15 bits per heavy atom. The molecule has 134 valence electrons. The summed E-state index contributed by atoms with van der Waals surface area (Å²) in [6, 6.07) is 14.4. The zero-order chi connectivity index (χ0) is 17.9. The molecule has 2 aromatic carbocycles. The second-order valence-corrected chi connectivity index (χ2v) is 7.88. The third-order valence-electron chi connectivity index (χ3n) is 5.09. The van der Waals surface area contributed by atoms with Gasteiger partial charge in [0.1, 0.15) is 0 Å². The fraction of sp³-hybridized carbons (Fsp3) is 0.333. The van der Waals surface area contributed by atoms with E-state index in [9.17, 15) is 4.79 Å². The van der Waals surface area contributed by atoms with Gasteiger partial charge < -0.3 is 5.32 Å². The smallest absolute Gasteiger partial charge is 0.233 e. The molecular weight excluding hydrogens is 390 g/mol. The summed E-state index contributed by atoms with van der Waals surface area (Å²) in [5.74, 6) is -0.342. The van der Waals surface area contributed by atoms with Gasteiger partial charge >= 0.3 is 0 Å². The van der Waals surface area contributed by atoms with E-state index in [1.807, 2.05) is 30.3 Å². The van der Waals surface area contributed by atoms with Gasteiger partial charge in [0.2, 0.25) is 5.91 Å². The predicted molar refractivity (Wildman–Crippen MR) is 108 cm³/mol. The molecule has 0 saturated carbocycles. The lowest BCUT2D eigenvalue weighted by atomic mass is 9.91. The fourth-order valence-electron chi connectivity index (χ4n) is 3.64. The van der Waals surface area contributed by atoms with Crippen LogP contribution in [0.25, 0.3) is 0 Å². The maximum atomic E-state index is 12.3. The highest BCUT2D eigenvalue weighted by atomic mass is 79.9. The number of carbonyl (C=O) groups excluding carboxylic acids is 1. The number of nitrogens with one attached hydrogen (secondary N) is 1. The van der Waals surface area contributed by atoms with Crippen molar-refractivity contribution in [1.82, 2.24) is 10.2 Å². The van der Waals surface area contributed by atoms with E-state index < -0.39 is 0 Å². The second-order valence-electron chi connectivity index (χ2n) is 6.97. The summed E-state index contributed by atoms with van der Waals surface area (Å²) in [5.41, 5.74) is 4.36. The molecular formula is C21H22BrN3O. The lowest BCUT2D eigenvalue weighted by Gasteiger charge is -2.23. The summed E-state index contributed by atoms with van der Waals surface area (Å²) in [5, 5.41) is 2.94. The molecule has 26 heavy (non-hydrogen) atoms. The minimum absolute atomic E-state index is 0.00463. The first kappa shape index (κ1) is 17.4. The van der Waals surface area contributed by atoms with E-state index >= 15 is 0 Å². The van der Waals surface area contributed by atoms with Gasteiger partial charge in [0.05, 0.1) is 11.6 Å². The van der Waals surface area contributed by atoms with Gasteiger partial charge in [-0.2, -0.15) is 0 Å². The van der Waals surface area contributed by atoms with Crippen molar-refractivity contribution in [1.29, 1.82) is 0 Å². The van der Waals surface area contributed by atoms with Crippen molar-refractivity contribution in [2.45, 2.75) is 31.8 Å². The first-order valence-corrected chi connectivity index (χ1v) is 9.90. The first-order valence-electron chi connectivity index (χ1n) is 9.10. The Hall–Kier alpha value is -1.98. The van der Waals surface area contributed by atoms with E-state index in [0.29, 0.717) is 6.54 Å². The molecule has 1 saturated heterocycles. The quantitative estimate of drug-likeness (QED) is 0.767. The number of carbonyl (C=O) groups is 1. The van der Waals surface area contributed by atoms with Crippen LogP contribution in [-0.2, 0) is 17.9 Å². The molecule has 2 aliphatic heterocycles. The molecule has 2 heterocycles. The van der Waals surface area contributed by atoms with E-state index in [1.54, 1.807) is 6.21 Å². The summed E-state index contributed by atoms with van der Waals surface area (Å²) < 4.78 is 0.982. The SMILES string of the molecule is O=C1NCc2ccc(Br)cc2C1C=Nc1ccc(CN2CCCC2)cc1. The number of benzene rings is 2. The van der Waals surface area contributed by atoms with E-state index in [1.165, 1.54) is 31.5 Å². The molecule has 5 heteroatoms. The number of rotatable bonds is 4. The van der Waals surface area contributed by atoms with Gasteiger partial charge in [0, 0.05) is 23.8 Å². The average Bonchev–Trinajstić information content (AvgIpc) is 3.15. The normalized spacial score (nSPS) is 20.3. The highest BCUT2D eigenvalue weighted by Gasteiger charge is 2.26. The van der Waals surface area contributed by atoms with Gasteiger partial charge in [-0.15, -0.1) is 0 Å². The van der Waals surface area contributed by atoms with Gasteiger partial charge in [-0.3, -0.25) is 14.7 Å². The monoisotopic (exact) mass is 411 g/mol. The zero-order valence-electron chi connectivity index (χ0n) is 14.6. The molecule has 2 aliphatic rings. The Labute approximate surface area is 162 Å². The molecule has 4 rings (SSSR count). The van der Waals surface area contributed by atoms with E-state index in [2.05, 4.69) is 43.3 Å². The molecule has 4 nitrogen and oxygen atoms in total. The molecule has 2 aromatic rings. The van der Waals surface area contributed by atoms with Crippen LogP contribution < -0.4 is 5.32 Å². The molecule has 0 spiro atoms. The summed E-state index contributed by atoms with van der Waals surface area (Å²) >= 11 is 3.50. The van der Waals surface area contributed by atoms with Crippen molar-refractivity contribution in [3.05, 3.63) is 63.6 Å². The van der Waals surface area contributed by atoms with Crippen molar-refractivity contribution in [2.75, 3.05) is 13.1 Å². The number of amides is 1.